The zero-order chi connectivity index (χ0) is 12.6. The molecule has 2 rings (SSSR count). The molecule has 0 aromatic rings. The Morgan fingerprint density at radius 1 is 1.59 bits per heavy atom. The van der Waals surface area contributed by atoms with Crippen LogP contribution in [0.15, 0.2) is 0 Å². The monoisotopic (exact) mass is 302 g/mol. The number of esters is 1. The third-order valence-electron chi connectivity index (χ3n) is 2.34. The zero-order valence-corrected chi connectivity index (χ0v) is 10.8. The second-order valence-electron chi connectivity index (χ2n) is 3.76. The lowest BCUT2D eigenvalue weighted by Gasteiger charge is -2.29. The molecule has 0 saturated carbocycles. The molecule has 2 aliphatic heterocycles. The van der Waals surface area contributed by atoms with Gasteiger partial charge in [-0.15, -0.1) is 0 Å². The van der Waals surface area contributed by atoms with E-state index in [0.29, 0.717) is 6.42 Å². The summed E-state index contributed by atoms with van der Waals surface area (Å²) in [5.74, 6) is -0.369. The minimum atomic E-state index is -1.66. The number of ether oxygens (including phenoxy) is 2. The highest BCUT2D eigenvalue weighted by molar-refractivity contribution is 6.67. The second-order valence-corrected chi connectivity index (χ2v) is 6.27. The summed E-state index contributed by atoms with van der Waals surface area (Å²) in [7, 11) is 0. The van der Waals surface area contributed by atoms with Gasteiger partial charge in [-0.25, -0.2) is 15.2 Å². The van der Waals surface area contributed by atoms with Gasteiger partial charge in [0.25, 0.3) is 0 Å². The van der Waals surface area contributed by atoms with Gasteiger partial charge in [0, 0.05) is 6.42 Å². The van der Waals surface area contributed by atoms with Crippen molar-refractivity contribution >= 4 is 46.9 Å². The maximum Gasteiger partial charge on any atom is 0.424 e. The summed E-state index contributed by atoms with van der Waals surface area (Å²) in [5.41, 5.74) is 2.69. The van der Waals surface area contributed by atoms with Gasteiger partial charge in [0.15, 0.2) is 0 Å². The highest BCUT2D eigenvalue weighted by atomic mass is 35.6. The van der Waals surface area contributed by atoms with Gasteiger partial charge in [-0.1, -0.05) is 34.8 Å². The summed E-state index contributed by atoms with van der Waals surface area (Å²) in [6, 6.07) is -0.505. The number of amides is 1. The molecule has 2 saturated heterocycles. The highest BCUT2D eigenvalue weighted by Gasteiger charge is 2.43. The summed E-state index contributed by atoms with van der Waals surface area (Å²) >= 11 is 16.3. The minimum absolute atomic E-state index is 0.223. The van der Waals surface area contributed by atoms with Crippen molar-refractivity contribution in [2.75, 3.05) is 13.2 Å². The molecule has 96 valence electrons. The predicted octanol–water partition coefficient (Wildman–Crippen LogP) is 0.997. The Balaban J connectivity index is 1.87. The average molecular weight is 304 g/mol. The molecule has 9 heteroatoms. The van der Waals surface area contributed by atoms with Crippen molar-refractivity contribution in [1.29, 1.82) is 0 Å². The van der Waals surface area contributed by atoms with Crippen LogP contribution in [-0.2, 0) is 14.3 Å². The molecule has 17 heavy (non-hydrogen) atoms. The summed E-state index contributed by atoms with van der Waals surface area (Å²) in [4.78, 5) is 22.8. The maximum atomic E-state index is 11.6. The Labute approximate surface area is 112 Å². The van der Waals surface area contributed by atoms with E-state index < -0.39 is 15.9 Å². The summed E-state index contributed by atoms with van der Waals surface area (Å²) in [5, 5.41) is 1.15. The van der Waals surface area contributed by atoms with Crippen LogP contribution in [0.25, 0.3) is 0 Å². The first-order chi connectivity index (χ1) is 7.85. The summed E-state index contributed by atoms with van der Waals surface area (Å²) in [6.45, 7) is -0.139. The van der Waals surface area contributed by atoms with Crippen LogP contribution >= 0.6 is 34.8 Å². The fourth-order valence-corrected chi connectivity index (χ4v) is 1.83. The lowest BCUT2D eigenvalue weighted by atomic mass is 10.1. The standard InChI is InChI=1S/C8H9Cl3N2O4/c9-8(10,11)3-16-7(15)13-2-4-1-5(12-13)6(14)17-4/h4-5,12H,1-3H2/t4-,5-/m1/s1. The molecule has 0 aliphatic carbocycles. The number of nitrogens with one attached hydrogen (secondary N) is 1. The molecule has 1 N–H and O–H groups in total. The fraction of sp³-hybridized carbons (Fsp3) is 0.750. The molecule has 2 aliphatic rings. The number of carbonyl (C=O) groups excluding carboxylic acids is 2. The van der Waals surface area contributed by atoms with Crippen molar-refractivity contribution in [3.8, 4) is 0 Å². The average Bonchev–Trinajstić information content (AvgIpc) is 2.48. The molecule has 0 spiro atoms. The van der Waals surface area contributed by atoms with Gasteiger partial charge < -0.3 is 9.47 Å². The third-order valence-corrected chi connectivity index (χ3v) is 2.67. The fourth-order valence-electron chi connectivity index (χ4n) is 1.66. The van der Waals surface area contributed by atoms with Crippen LogP contribution in [-0.4, -0.2) is 46.2 Å². The van der Waals surface area contributed by atoms with Crippen LogP contribution in [0, 0.1) is 0 Å². The normalized spacial score (nSPS) is 27.9. The Bertz CT molecular complexity index is 346. The Morgan fingerprint density at radius 2 is 2.29 bits per heavy atom. The molecular formula is C8H9Cl3N2O4. The van der Waals surface area contributed by atoms with E-state index in [9.17, 15) is 9.59 Å². The number of carbonyl (C=O) groups is 2. The Morgan fingerprint density at radius 3 is 2.88 bits per heavy atom. The summed E-state index contributed by atoms with van der Waals surface area (Å²) < 4.78 is 8.09. The first-order valence-corrected chi connectivity index (χ1v) is 5.96. The van der Waals surface area contributed by atoms with Crippen molar-refractivity contribution < 1.29 is 19.1 Å². The predicted molar refractivity (Wildman–Crippen MR) is 59.8 cm³/mol. The first kappa shape index (κ1) is 13.0. The van der Waals surface area contributed by atoms with Crippen LogP contribution in [0.5, 0.6) is 0 Å². The number of halogens is 3. The molecule has 2 heterocycles. The van der Waals surface area contributed by atoms with Gasteiger partial charge in [-0.05, 0) is 0 Å². The number of alkyl halides is 3. The summed E-state index contributed by atoms with van der Waals surface area (Å²) in [6.07, 6.45) is -0.453. The van der Waals surface area contributed by atoms with Crippen LogP contribution in [0.3, 0.4) is 0 Å². The van der Waals surface area contributed by atoms with E-state index in [1.165, 1.54) is 0 Å². The number of hydrogen-bond acceptors (Lipinski definition) is 5. The molecular weight excluding hydrogens is 294 g/mol. The highest BCUT2D eigenvalue weighted by Crippen LogP contribution is 2.26. The molecule has 0 radical (unpaired) electrons. The van der Waals surface area contributed by atoms with E-state index in [-0.39, 0.29) is 25.2 Å². The quantitative estimate of drug-likeness (QED) is 0.578. The van der Waals surface area contributed by atoms with Crippen molar-refractivity contribution in [1.82, 2.24) is 10.4 Å². The van der Waals surface area contributed by atoms with Gasteiger partial charge >= 0.3 is 12.1 Å². The Kier molecular flexibility index (Phi) is 3.58. The van der Waals surface area contributed by atoms with Crippen molar-refractivity contribution in [2.45, 2.75) is 22.4 Å². The van der Waals surface area contributed by atoms with E-state index >= 15 is 0 Å². The van der Waals surface area contributed by atoms with E-state index in [1.54, 1.807) is 0 Å². The molecule has 2 atom stereocenters. The smallest absolute Gasteiger partial charge is 0.424 e. The number of fused-ring (bicyclic) bond motifs is 2. The van der Waals surface area contributed by atoms with Gasteiger partial charge in [-0.3, -0.25) is 4.79 Å². The molecule has 6 nitrogen and oxygen atoms in total. The minimum Gasteiger partial charge on any atom is -0.459 e. The van der Waals surface area contributed by atoms with Crippen LogP contribution in [0.1, 0.15) is 6.42 Å². The van der Waals surface area contributed by atoms with Crippen molar-refractivity contribution in [2.24, 2.45) is 0 Å². The van der Waals surface area contributed by atoms with E-state index in [1.807, 2.05) is 0 Å². The lowest BCUT2D eigenvalue weighted by molar-refractivity contribution is -0.141. The van der Waals surface area contributed by atoms with Gasteiger partial charge in [0.2, 0.25) is 3.79 Å². The number of rotatable bonds is 1. The van der Waals surface area contributed by atoms with Gasteiger partial charge in [0.05, 0.1) is 6.54 Å². The topological polar surface area (TPSA) is 67.9 Å². The number of nitrogens with zero attached hydrogens (tertiary/aromatic N) is 1. The van der Waals surface area contributed by atoms with Crippen LogP contribution in [0.2, 0.25) is 0 Å². The third kappa shape index (κ3) is 3.28. The SMILES string of the molecule is O=C1O[C@@H]2C[C@H]1NN(C(=O)OCC(Cl)(Cl)Cl)C2. The van der Waals surface area contributed by atoms with Crippen molar-refractivity contribution in [3.05, 3.63) is 0 Å². The number of hydrazine groups is 1. The molecule has 2 bridgehead atoms. The van der Waals surface area contributed by atoms with Gasteiger partial charge in [-0.2, -0.15) is 0 Å². The molecule has 0 aromatic carbocycles. The van der Waals surface area contributed by atoms with Crippen LogP contribution in [0.4, 0.5) is 4.79 Å². The molecule has 2 fully saturated rings. The van der Waals surface area contributed by atoms with E-state index in [4.69, 9.17) is 44.3 Å². The molecule has 0 aromatic heterocycles. The Hall–Kier alpha value is -0.430. The molecule has 0 unspecified atom stereocenters. The first-order valence-electron chi connectivity index (χ1n) is 4.83. The van der Waals surface area contributed by atoms with Crippen LogP contribution < -0.4 is 5.43 Å². The zero-order valence-electron chi connectivity index (χ0n) is 8.49. The largest absolute Gasteiger partial charge is 0.459 e. The van der Waals surface area contributed by atoms with E-state index in [2.05, 4.69) is 5.43 Å². The lowest BCUT2D eigenvalue weighted by Crippen LogP contribution is -2.54. The molecule has 1 amide bonds. The number of hydrogen-bond donors (Lipinski definition) is 1. The van der Waals surface area contributed by atoms with Crippen molar-refractivity contribution in [3.63, 3.8) is 0 Å². The maximum absolute atomic E-state index is 11.6. The van der Waals surface area contributed by atoms with Gasteiger partial charge in [0.1, 0.15) is 18.8 Å². The van der Waals surface area contributed by atoms with E-state index in [0.717, 1.165) is 5.01 Å². The second kappa shape index (κ2) is 4.68.